The maximum Gasteiger partial charge on any atom is 0.411 e. The number of aliphatic hydroxyl groups is 2. The van der Waals surface area contributed by atoms with E-state index in [0.29, 0.717) is 22.4 Å². The van der Waals surface area contributed by atoms with Crippen LogP contribution in [0, 0.1) is 23.7 Å². The summed E-state index contributed by atoms with van der Waals surface area (Å²) < 4.78 is 4.90. The number of amides is 1. The van der Waals surface area contributed by atoms with E-state index in [2.05, 4.69) is 11.9 Å². The number of Topliss-reactive ketones (excluding diaryl/α,β-unsaturated/α-hetero) is 4. The average molecular weight is 549 g/mol. The number of ketones is 4. The van der Waals surface area contributed by atoms with Crippen molar-refractivity contribution in [3.8, 4) is 16.9 Å². The SMILES string of the molecule is C=CCOC(=O)Nc1ccc(-c2ccc(O)c3c2C[C@H]2C[C@H]4CC(=O)C(C(N)O)C(=O)[C@@]4(O)C(=O)C2C3=O)cc1. The monoisotopic (exact) mass is 548 g/mol. The third kappa shape index (κ3) is 4.23. The van der Waals surface area contributed by atoms with Crippen molar-refractivity contribution in [3.63, 3.8) is 0 Å². The first-order chi connectivity index (χ1) is 19.0. The Balaban J connectivity index is 1.49. The van der Waals surface area contributed by atoms with Crippen LogP contribution in [0.5, 0.6) is 5.75 Å². The normalized spacial score (nSPS) is 28.2. The Bertz CT molecular complexity index is 1450. The largest absolute Gasteiger partial charge is 0.507 e. The lowest BCUT2D eigenvalue weighted by atomic mass is 9.53. The van der Waals surface area contributed by atoms with Crippen LogP contribution in [0.2, 0.25) is 0 Å². The van der Waals surface area contributed by atoms with Gasteiger partial charge in [0.25, 0.3) is 0 Å². The molecule has 11 nitrogen and oxygen atoms in total. The number of hydrogen-bond donors (Lipinski definition) is 5. The fourth-order valence-electron chi connectivity index (χ4n) is 6.34. The molecule has 2 aromatic rings. The first-order valence-electron chi connectivity index (χ1n) is 12.8. The predicted molar refractivity (Wildman–Crippen MR) is 140 cm³/mol. The summed E-state index contributed by atoms with van der Waals surface area (Å²) in [6, 6.07) is 9.69. The predicted octanol–water partition coefficient (Wildman–Crippen LogP) is 1.52. The molecule has 6 N–H and O–H groups in total. The van der Waals surface area contributed by atoms with Crippen LogP contribution < -0.4 is 11.1 Å². The van der Waals surface area contributed by atoms with Crippen LogP contribution in [-0.4, -0.2) is 63.0 Å². The highest BCUT2D eigenvalue weighted by Gasteiger charge is 2.65. The summed E-state index contributed by atoms with van der Waals surface area (Å²) in [5, 5.41) is 34.4. The van der Waals surface area contributed by atoms with E-state index in [9.17, 15) is 39.3 Å². The van der Waals surface area contributed by atoms with Gasteiger partial charge in [-0.3, -0.25) is 24.5 Å². The van der Waals surface area contributed by atoms with Crippen molar-refractivity contribution >= 4 is 34.9 Å². The Labute approximate surface area is 228 Å². The third-order valence-electron chi connectivity index (χ3n) is 8.16. The van der Waals surface area contributed by atoms with Gasteiger partial charge in [0.15, 0.2) is 23.0 Å². The standard InChI is InChI=1S/C29H28N2O9/c1-2-9-40-28(38)31-16-5-3-13(4-6-16)17-7-8-19(32)22-18(17)11-14-10-15-12-20(33)23(27(30)37)26(36)29(15,39)25(35)21(14)24(22)34/h2-8,14-15,21,23,27,32,37,39H,1,9-12,30H2,(H,31,38)/t14-,15+,21?,23?,27?,29+/m1/s1. The number of hydrogen-bond acceptors (Lipinski definition) is 10. The van der Waals surface area contributed by atoms with Crippen LogP contribution in [0.4, 0.5) is 10.5 Å². The quantitative estimate of drug-likeness (QED) is 0.208. The Morgan fingerprint density at radius 2 is 1.82 bits per heavy atom. The van der Waals surface area contributed by atoms with Crippen LogP contribution in [0.25, 0.3) is 11.1 Å². The number of carbonyl (C=O) groups is 5. The lowest BCUT2D eigenvalue weighted by Crippen LogP contribution is -2.68. The van der Waals surface area contributed by atoms with E-state index in [4.69, 9.17) is 10.5 Å². The molecule has 0 radical (unpaired) electrons. The van der Waals surface area contributed by atoms with Crippen molar-refractivity contribution in [2.45, 2.75) is 31.1 Å². The van der Waals surface area contributed by atoms with Crippen LogP contribution in [-0.2, 0) is 25.5 Å². The molecule has 5 rings (SSSR count). The minimum absolute atomic E-state index is 0.0354. The number of carbonyl (C=O) groups excluding carboxylic acids is 5. The highest BCUT2D eigenvalue weighted by Crippen LogP contribution is 2.51. The molecule has 2 saturated carbocycles. The lowest BCUT2D eigenvalue weighted by Gasteiger charge is -2.49. The van der Waals surface area contributed by atoms with E-state index < -0.39 is 64.7 Å². The number of benzene rings is 2. The van der Waals surface area contributed by atoms with Gasteiger partial charge in [-0.2, -0.15) is 0 Å². The molecule has 0 bridgehead atoms. The number of rotatable bonds is 5. The van der Waals surface area contributed by atoms with Gasteiger partial charge in [-0.25, -0.2) is 4.79 Å². The van der Waals surface area contributed by atoms with Crippen molar-refractivity contribution in [1.82, 2.24) is 0 Å². The molecule has 0 aliphatic heterocycles. The van der Waals surface area contributed by atoms with Crippen molar-refractivity contribution in [2.75, 3.05) is 11.9 Å². The molecule has 0 aromatic heterocycles. The Morgan fingerprint density at radius 1 is 1.12 bits per heavy atom. The zero-order chi connectivity index (χ0) is 28.9. The Morgan fingerprint density at radius 3 is 2.48 bits per heavy atom. The summed E-state index contributed by atoms with van der Waals surface area (Å²) in [6.07, 6.45) is -1.23. The van der Waals surface area contributed by atoms with Gasteiger partial charge in [-0.05, 0) is 53.6 Å². The maximum atomic E-state index is 13.7. The van der Waals surface area contributed by atoms with Crippen LogP contribution in [0.3, 0.4) is 0 Å². The van der Waals surface area contributed by atoms with E-state index in [0.717, 1.165) is 0 Å². The van der Waals surface area contributed by atoms with Gasteiger partial charge in [0.05, 0.1) is 11.5 Å². The second-order valence-electron chi connectivity index (χ2n) is 10.4. The zero-order valence-electron chi connectivity index (χ0n) is 21.3. The van der Waals surface area contributed by atoms with Gasteiger partial charge in [-0.15, -0.1) is 0 Å². The summed E-state index contributed by atoms with van der Waals surface area (Å²) in [4.78, 5) is 64.8. The summed E-state index contributed by atoms with van der Waals surface area (Å²) in [5.74, 6) is -8.79. The molecule has 0 heterocycles. The molecule has 0 spiro atoms. The van der Waals surface area contributed by atoms with Gasteiger partial charge in [0.1, 0.15) is 30.3 Å². The van der Waals surface area contributed by atoms with Gasteiger partial charge >= 0.3 is 6.09 Å². The number of anilines is 1. The van der Waals surface area contributed by atoms with Crippen LogP contribution >= 0.6 is 0 Å². The second kappa shape index (κ2) is 10.1. The van der Waals surface area contributed by atoms with E-state index in [1.165, 1.54) is 12.1 Å². The van der Waals surface area contributed by atoms with Crippen molar-refractivity contribution in [3.05, 3.63) is 60.2 Å². The molecule has 3 aliphatic carbocycles. The molecule has 11 heteroatoms. The molecule has 40 heavy (non-hydrogen) atoms. The minimum atomic E-state index is -2.63. The highest BCUT2D eigenvalue weighted by atomic mass is 16.5. The number of phenols is 1. The number of aliphatic hydroxyl groups excluding tert-OH is 1. The highest BCUT2D eigenvalue weighted by molar-refractivity contribution is 6.26. The van der Waals surface area contributed by atoms with Gasteiger partial charge in [0, 0.05) is 18.0 Å². The minimum Gasteiger partial charge on any atom is -0.507 e. The van der Waals surface area contributed by atoms with Gasteiger partial charge < -0.3 is 25.8 Å². The fourth-order valence-corrected chi connectivity index (χ4v) is 6.34. The van der Waals surface area contributed by atoms with Gasteiger partial charge in [-0.1, -0.05) is 30.9 Å². The van der Waals surface area contributed by atoms with Crippen molar-refractivity contribution in [2.24, 2.45) is 29.4 Å². The first-order valence-corrected chi connectivity index (χ1v) is 12.8. The molecule has 2 aromatic carbocycles. The van der Waals surface area contributed by atoms with E-state index in [-0.39, 0.29) is 37.2 Å². The summed E-state index contributed by atoms with van der Waals surface area (Å²) in [6.45, 7) is 3.53. The first kappa shape index (κ1) is 27.4. The molecular weight excluding hydrogens is 520 g/mol. The number of fused-ring (bicyclic) bond motifs is 3. The smallest absolute Gasteiger partial charge is 0.411 e. The number of aromatic hydroxyl groups is 1. The Hall–Kier alpha value is -4.19. The number of ether oxygens (including phenoxy) is 1. The molecule has 2 fully saturated rings. The molecule has 1 amide bonds. The fraction of sp³-hybridized carbons (Fsp3) is 0.345. The Kier molecular flexibility index (Phi) is 6.90. The third-order valence-corrected chi connectivity index (χ3v) is 8.16. The summed E-state index contributed by atoms with van der Waals surface area (Å²) in [5.41, 5.74) is 4.96. The number of phenolic OH excluding ortho intramolecular Hbond substituents is 1. The number of nitrogens with two attached hydrogens (primary N) is 1. The van der Waals surface area contributed by atoms with E-state index >= 15 is 0 Å². The van der Waals surface area contributed by atoms with E-state index in [1.807, 2.05) is 0 Å². The number of nitrogens with one attached hydrogen (secondary N) is 1. The van der Waals surface area contributed by atoms with Gasteiger partial charge in [0.2, 0.25) is 0 Å². The molecule has 3 unspecified atom stereocenters. The van der Waals surface area contributed by atoms with Crippen LogP contribution in [0.15, 0.2) is 49.1 Å². The molecule has 3 aliphatic rings. The molecule has 6 atom stereocenters. The van der Waals surface area contributed by atoms with E-state index in [1.54, 1.807) is 30.3 Å². The second-order valence-corrected chi connectivity index (χ2v) is 10.4. The topological polar surface area (TPSA) is 193 Å². The van der Waals surface area contributed by atoms with Crippen molar-refractivity contribution < 1.29 is 44.0 Å². The summed E-state index contributed by atoms with van der Waals surface area (Å²) >= 11 is 0. The average Bonchev–Trinajstić information content (AvgIpc) is 2.90. The molecular formula is C29H28N2O9. The molecule has 208 valence electrons. The summed E-state index contributed by atoms with van der Waals surface area (Å²) in [7, 11) is 0. The van der Waals surface area contributed by atoms with Crippen LogP contribution in [0.1, 0.15) is 28.8 Å². The van der Waals surface area contributed by atoms with Crippen molar-refractivity contribution in [1.29, 1.82) is 0 Å². The lowest BCUT2D eigenvalue weighted by molar-refractivity contribution is -0.177. The molecule has 0 saturated heterocycles. The zero-order valence-corrected chi connectivity index (χ0v) is 21.3. The maximum absolute atomic E-state index is 13.7.